The van der Waals surface area contributed by atoms with Crippen molar-refractivity contribution in [1.82, 2.24) is 14.6 Å². The average molecular weight is 523 g/mol. The first-order valence-electron chi connectivity index (χ1n) is 12.1. The van der Waals surface area contributed by atoms with E-state index in [9.17, 15) is 20.0 Å². The molecule has 2 aromatic heterocycles. The number of aliphatic hydroxyl groups excluding tert-OH is 1. The standard InChI is InChI=1S/C27H30N4O7/c1-17-19-10-11-21(31(19)30-15-29-17)27(14-28)24(33)23(36-16-37-25(34)26(2,3)4)20(38-27)13-35-22(32)12-18-8-6-5-7-9-18/h5-11,15,20,23-24,33H,12-13,16H2,1-4H3/t20-,23-,24-,27+/m1/s1. The van der Waals surface area contributed by atoms with E-state index in [4.69, 9.17) is 18.9 Å². The fourth-order valence-electron chi connectivity index (χ4n) is 4.21. The number of esters is 2. The summed E-state index contributed by atoms with van der Waals surface area (Å²) in [5, 5.41) is 25.9. The monoisotopic (exact) mass is 522 g/mol. The Labute approximate surface area is 219 Å². The highest BCUT2D eigenvalue weighted by Gasteiger charge is 2.59. The number of nitrogens with zero attached hydrogens (tertiary/aromatic N) is 4. The summed E-state index contributed by atoms with van der Waals surface area (Å²) in [6, 6.07) is 14.5. The normalized spacial score (nSPS) is 23.2. The van der Waals surface area contributed by atoms with Crippen LogP contribution in [0.1, 0.15) is 37.7 Å². The quantitative estimate of drug-likeness (QED) is 0.345. The van der Waals surface area contributed by atoms with Gasteiger partial charge in [-0.2, -0.15) is 10.4 Å². The van der Waals surface area contributed by atoms with E-state index in [0.717, 1.165) is 5.56 Å². The van der Waals surface area contributed by atoms with Crippen LogP contribution in [0.5, 0.6) is 0 Å². The van der Waals surface area contributed by atoms with E-state index in [0.29, 0.717) is 11.2 Å². The summed E-state index contributed by atoms with van der Waals surface area (Å²) in [4.78, 5) is 28.9. The lowest BCUT2D eigenvalue weighted by molar-refractivity contribution is -0.178. The lowest BCUT2D eigenvalue weighted by Gasteiger charge is -2.25. The van der Waals surface area contributed by atoms with Crippen molar-refractivity contribution in [3.8, 4) is 6.07 Å². The molecule has 0 amide bonds. The van der Waals surface area contributed by atoms with Gasteiger partial charge in [0.2, 0.25) is 5.60 Å². The molecule has 38 heavy (non-hydrogen) atoms. The van der Waals surface area contributed by atoms with Gasteiger partial charge in [0.25, 0.3) is 0 Å². The van der Waals surface area contributed by atoms with Gasteiger partial charge in [0.15, 0.2) is 6.79 Å². The third-order valence-electron chi connectivity index (χ3n) is 6.29. The van der Waals surface area contributed by atoms with E-state index in [1.165, 1.54) is 10.8 Å². The highest BCUT2D eigenvalue weighted by Crippen LogP contribution is 2.41. The van der Waals surface area contributed by atoms with Crippen molar-refractivity contribution in [2.45, 2.75) is 58.0 Å². The topological polar surface area (TPSA) is 145 Å². The molecule has 0 radical (unpaired) electrons. The number of nitriles is 1. The molecule has 1 fully saturated rings. The van der Waals surface area contributed by atoms with Crippen LogP contribution in [0.2, 0.25) is 0 Å². The number of aliphatic hydroxyl groups is 1. The Morgan fingerprint density at radius 3 is 2.61 bits per heavy atom. The smallest absolute Gasteiger partial charge is 0.313 e. The van der Waals surface area contributed by atoms with Crippen LogP contribution in [0.25, 0.3) is 5.52 Å². The highest BCUT2D eigenvalue weighted by atomic mass is 16.7. The van der Waals surface area contributed by atoms with Crippen molar-refractivity contribution in [1.29, 1.82) is 5.26 Å². The fourth-order valence-corrected chi connectivity index (χ4v) is 4.21. The molecular formula is C27H30N4O7. The predicted octanol–water partition coefficient (Wildman–Crippen LogP) is 2.23. The van der Waals surface area contributed by atoms with E-state index >= 15 is 0 Å². The van der Waals surface area contributed by atoms with Gasteiger partial charge in [-0.1, -0.05) is 30.3 Å². The number of rotatable bonds is 8. The molecule has 1 saturated heterocycles. The Morgan fingerprint density at radius 1 is 1.18 bits per heavy atom. The molecule has 0 unspecified atom stereocenters. The minimum absolute atomic E-state index is 0.0355. The minimum Gasteiger partial charge on any atom is -0.463 e. The second-order valence-electron chi connectivity index (χ2n) is 10.1. The Morgan fingerprint density at radius 2 is 1.92 bits per heavy atom. The lowest BCUT2D eigenvalue weighted by atomic mass is 9.92. The third kappa shape index (κ3) is 5.38. The Bertz CT molecular complexity index is 1340. The average Bonchev–Trinajstić information content (AvgIpc) is 3.43. The van der Waals surface area contributed by atoms with Gasteiger partial charge in [0.1, 0.15) is 37.3 Å². The van der Waals surface area contributed by atoms with Gasteiger partial charge in [0, 0.05) is 0 Å². The van der Waals surface area contributed by atoms with E-state index in [-0.39, 0.29) is 18.7 Å². The first kappa shape index (κ1) is 27.2. The van der Waals surface area contributed by atoms with Crippen molar-refractivity contribution in [3.05, 3.63) is 65.7 Å². The number of carbonyl (C=O) groups is 2. The van der Waals surface area contributed by atoms with E-state index in [1.807, 2.05) is 18.2 Å². The maximum Gasteiger partial charge on any atom is 0.313 e. The molecule has 0 aliphatic carbocycles. The first-order chi connectivity index (χ1) is 18.1. The summed E-state index contributed by atoms with van der Waals surface area (Å²) < 4.78 is 24.0. The highest BCUT2D eigenvalue weighted by molar-refractivity contribution is 5.75. The van der Waals surface area contributed by atoms with E-state index in [2.05, 4.69) is 16.2 Å². The molecule has 4 atom stereocenters. The van der Waals surface area contributed by atoms with Crippen molar-refractivity contribution in [2.24, 2.45) is 5.41 Å². The number of ether oxygens (including phenoxy) is 4. The molecule has 0 saturated carbocycles. The van der Waals surface area contributed by atoms with Crippen LogP contribution in [-0.4, -0.2) is 63.4 Å². The van der Waals surface area contributed by atoms with Crippen molar-refractivity contribution >= 4 is 17.5 Å². The number of aryl methyl sites for hydroxylation is 1. The largest absolute Gasteiger partial charge is 0.463 e. The van der Waals surface area contributed by atoms with Crippen LogP contribution in [0.3, 0.4) is 0 Å². The summed E-state index contributed by atoms with van der Waals surface area (Å²) in [6.07, 6.45) is -2.38. The second-order valence-corrected chi connectivity index (χ2v) is 10.1. The maximum absolute atomic E-state index is 12.5. The Kier molecular flexibility index (Phi) is 7.78. The van der Waals surface area contributed by atoms with Crippen molar-refractivity contribution < 1.29 is 33.6 Å². The van der Waals surface area contributed by atoms with Crippen molar-refractivity contribution in [2.75, 3.05) is 13.4 Å². The molecule has 1 aliphatic heterocycles. The first-order valence-corrected chi connectivity index (χ1v) is 12.1. The molecule has 11 heteroatoms. The van der Waals surface area contributed by atoms with Gasteiger partial charge < -0.3 is 24.1 Å². The number of benzene rings is 1. The Balaban J connectivity index is 1.58. The summed E-state index contributed by atoms with van der Waals surface area (Å²) in [5.74, 6) is -1.02. The summed E-state index contributed by atoms with van der Waals surface area (Å²) in [5.41, 5.74) is -0.358. The van der Waals surface area contributed by atoms with Crippen LogP contribution in [0, 0.1) is 23.7 Å². The molecule has 11 nitrogen and oxygen atoms in total. The van der Waals surface area contributed by atoms with E-state index in [1.54, 1.807) is 52.0 Å². The minimum atomic E-state index is -1.91. The molecule has 3 aromatic rings. The van der Waals surface area contributed by atoms with Crippen LogP contribution in [-0.2, 0) is 40.6 Å². The summed E-state index contributed by atoms with van der Waals surface area (Å²) >= 11 is 0. The van der Waals surface area contributed by atoms with Crippen LogP contribution >= 0.6 is 0 Å². The number of fused-ring (bicyclic) bond motifs is 1. The third-order valence-corrected chi connectivity index (χ3v) is 6.29. The van der Waals surface area contributed by atoms with Gasteiger partial charge in [-0.15, -0.1) is 0 Å². The molecule has 4 rings (SSSR count). The zero-order valence-corrected chi connectivity index (χ0v) is 21.7. The molecular weight excluding hydrogens is 492 g/mol. The van der Waals surface area contributed by atoms with Crippen LogP contribution in [0.15, 0.2) is 48.8 Å². The maximum atomic E-state index is 12.5. The van der Waals surface area contributed by atoms with E-state index < -0.39 is 48.1 Å². The molecule has 1 aliphatic rings. The number of carbonyl (C=O) groups excluding carboxylic acids is 2. The molecule has 0 spiro atoms. The molecule has 1 aromatic carbocycles. The summed E-state index contributed by atoms with van der Waals surface area (Å²) in [7, 11) is 0. The van der Waals surface area contributed by atoms with Gasteiger partial charge in [0.05, 0.1) is 28.7 Å². The number of hydrogen-bond donors (Lipinski definition) is 1. The van der Waals surface area contributed by atoms with Gasteiger partial charge in [-0.05, 0) is 45.4 Å². The second kappa shape index (κ2) is 10.9. The number of aromatic nitrogens is 3. The Hall–Kier alpha value is -3.85. The van der Waals surface area contributed by atoms with Gasteiger partial charge >= 0.3 is 11.9 Å². The predicted molar refractivity (Wildman–Crippen MR) is 132 cm³/mol. The number of hydrogen-bond acceptors (Lipinski definition) is 10. The lowest BCUT2D eigenvalue weighted by Crippen LogP contribution is -2.43. The van der Waals surface area contributed by atoms with Gasteiger partial charge in [-0.25, -0.2) is 9.50 Å². The molecule has 3 heterocycles. The zero-order valence-electron chi connectivity index (χ0n) is 21.7. The van der Waals surface area contributed by atoms with Crippen LogP contribution in [0.4, 0.5) is 0 Å². The van der Waals surface area contributed by atoms with Crippen molar-refractivity contribution in [3.63, 3.8) is 0 Å². The zero-order chi connectivity index (χ0) is 27.5. The summed E-state index contributed by atoms with van der Waals surface area (Å²) in [6.45, 7) is 6.07. The molecule has 200 valence electrons. The fraction of sp³-hybridized carbons (Fsp3) is 0.444. The van der Waals surface area contributed by atoms with Crippen LogP contribution < -0.4 is 0 Å². The SMILES string of the molecule is Cc1ncnn2c([C@]3(C#N)O[C@H](COC(=O)Cc4ccccc4)[C@@H](OCOC(=O)C(C)(C)C)[C@H]3O)ccc12. The molecule has 0 bridgehead atoms. The molecule has 1 N–H and O–H groups in total. The van der Waals surface area contributed by atoms with Gasteiger partial charge in [-0.3, -0.25) is 9.59 Å².